The Morgan fingerprint density at radius 2 is 1.83 bits per heavy atom. The summed E-state index contributed by atoms with van der Waals surface area (Å²) >= 11 is 0. The number of nitrogens with zero attached hydrogens (tertiary/aromatic N) is 3. The van der Waals surface area contributed by atoms with E-state index in [1.807, 2.05) is 35.0 Å². The molecule has 0 bridgehead atoms. The lowest BCUT2D eigenvalue weighted by Gasteiger charge is -2.35. The van der Waals surface area contributed by atoms with Gasteiger partial charge in [0.2, 0.25) is 0 Å². The quantitative estimate of drug-likeness (QED) is 0.420. The highest BCUT2D eigenvalue weighted by Gasteiger charge is 2.23. The van der Waals surface area contributed by atoms with Crippen LogP contribution in [0.4, 0.5) is 4.39 Å². The SMILES string of the molecule is O=C(NC[C@@H](c1ccc(F)cc1)N1CCOCC1)c1ccc(OCc2cn3ccccc3n2)cc1. The zero-order valence-electron chi connectivity index (χ0n) is 19.3. The highest BCUT2D eigenvalue weighted by molar-refractivity contribution is 5.94. The molecule has 1 N–H and O–H groups in total. The van der Waals surface area contributed by atoms with Crippen molar-refractivity contribution in [3.8, 4) is 5.75 Å². The van der Waals surface area contributed by atoms with Crippen LogP contribution in [0.25, 0.3) is 5.65 Å². The summed E-state index contributed by atoms with van der Waals surface area (Å²) in [7, 11) is 0. The number of carbonyl (C=O) groups excluding carboxylic acids is 1. The van der Waals surface area contributed by atoms with Gasteiger partial charge in [-0.05, 0) is 54.1 Å². The number of carbonyl (C=O) groups is 1. The van der Waals surface area contributed by atoms with Crippen molar-refractivity contribution >= 4 is 11.6 Å². The minimum Gasteiger partial charge on any atom is -0.487 e. The first-order chi connectivity index (χ1) is 17.2. The first-order valence-corrected chi connectivity index (χ1v) is 11.7. The summed E-state index contributed by atoms with van der Waals surface area (Å²) in [5.74, 6) is 0.218. The minimum atomic E-state index is -0.276. The van der Waals surface area contributed by atoms with E-state index < -0.39 is 0 Å². The van der Waals surface area contributed by atoms with E-state index in [4.69, 9.17) is 9.47 Å². The lowest BCUT2D eigenvalue weighted by atomic mass is 10.0. The number of ether oxygens (including phenoxy) is 2. The highest BCUT2D eigenvalue weighted by atomic mass is 19.1. The third kappa shape index (κ3) is 5.67. The molecule has 1 fully saturated rings. The number of morpholine rings is 1. The molecule has 7 nitrogen and oxygen atoms in total. The van der Waals surface area contributed by atoms with Crippen molar-refractivity contribution in [2.45, 2.75) is 12.6 Å². The van der Waals surface area contributed by atoms with E-state index in [2.05, 4.69) is 15.2 Å². The fourth-order valence-electron chi connectivity index (χ4n) is 4.24. The molecule has 5 rings (SSSR count). The molecule has 0 radical (unpaired) electrons. The third-order valence-corrected chi connectivity index (χ3v) is 6.11. The van der Waals surface area contributed by atoms with Crippen molar-refractivity contribution in [3.05, 3.63) is 102 Å². The number of amides is 1. The van der Waals surface area contributed by atoms with Gasteiger partial charge in [0.25, 0.3) is 5.91 Å². The van der Waals surface area contributed by atoms with E-state index in [1.54, 1.807) is 36.4 Å². The molecule has 1 amide bonds. The van der Waals surface area contributed by atoms with Crippen LogP contribution in [0.5, 0.6) is 5.75 Å². The molecule has 4 aromatic rings. The van der Waals surface area contributed by atoms with E-state index in [1.165, 1.54) is 12.1 Å². The Kier molecular flexibility index (Phi) is 7.02. The molecule has 2 aromatic carbocycles. The van der Waals surface area contributed by atoms with Crippen LogP contribution in [0.3, 0.4) is 0 Å². The van der Waals surface area contributed by atoms with Gasteiger partial charge in [0, 0.05) is 37.6 Å². The van der Waals surface area contributed by atoms with Crippen LogP contribution in [0.15, 0.2) is 79.1 Å². The molecule has 0 spiro atoms. The van der Waals surface area contributed by atoms with Crippen molar-refractivity contribution in [3.63, 3.8) is 0 Å². The molecule has 3 heterocycles. The lowest BCUT2D eigenvalue weighted by Crippen LogP contribution is -2.43. The van der Waals surface area contributed by atoms with Gasteiger partial charge in [-0.15, -0.1) is 0 Å². The lowest BCUT2D eigenvalue weighted by molar-refractivity contribution is 0.0162. The van der Waals surface area contributed by atoms with E-state index in [9.17, 15) is 9.18 Å². The standard InChI is InChI=1S/C27H27FN4O3/c28-22-8-4-20(5-9-22)25(31-13-15-34-16-14-31)17-29-27(33)21-6-10-24(11-7-21)35-19-23-18-32-12-2-1-3-26(32)30-23/h1-12,18,25H,13-17,19H2,(H,29,33)/t25-/m0/s1. The van der Waals surface area contributed by atoms with Gasteiger partial charge in [-0.2, -0.15) is 0 Å². The molecule has 0 saturated carbocycles. The monoisotopic (exact) mass is 474 g/mol. The summed E-state index contributed by atoms with van der Waals surface area (Å²) < 4.78 is 26.7. The smallest absolute Gasteiger partial charge is 0.251 e. The first-order valence-electron chi connectivity index (χ1n) is 11.7. The van der Waals surface area contributed by atoms with Gasteiger partial charge in [-0.3, -0.25) is 9.69 Å². The predicted octanol–water partition coefficient (Wildman–Crippen LogP) is 3.86. The Morgan fingerprint density at radius 3 is 2.57 bits per heavy atom. The van der Waals surface area contributed by atoms with Crippen LogP contribution in [0.2, 0.25) is 0 Å². The van der Waals surface area contributed by atoms with E-state index in [-0.39, 0.29) is 17.8 Å². The maximum absolute atomic E-state index is 13.4. The molecular formula is C27H27FN4O3. The zero-order valence-corrected chi connectivity index (χ0v) is 19.3. The summed E-state index contributed by atoms with van der Waals surface area (Å²) in [6.07, 6.45) is 3.88. The van der Waals surface area contributed by atoms with Crippen molar-refractivity contribution < 1.29 is 18.7 Å². The number of hydrogen-bond donors (Lipinski definition) is 1. The number of aromatic nitrogens is 2. The summed E-state index contributed by atoms with van der Waals surface area (Å²) in [6, 6.07) is 19.3. The largest absolute Gasteiger partial charge is 0.487 e. The summed E-state index contributed by atoms with van der Waals surface area (Å²) in [4.78, 5) is 19.6. The maximum atomic E-state index is 13.4. The predicted molar refractivity (Wildman–Crippen MR) is 130 cm³/mol. The van der Waals surface area contributed by atoms with Gasteiger partial charge in [0.1, 0.15) is 23.8 Å². The Hall–Kier alpha value is -3.75. The van der Waals surface area contributed by atoms with Crippen molar-refractivity contribution in [1.82, 2.24) is 19.6 Å². The number of rotatable bonds is 8. The van der Waals surface area contributed by atoms with Gasteiger partial charge in [0.05, 0.1) is 24.9 Å². The van der Waals surface area contributed by atoms with Gasteiger partial charge in [0.15, 0.2) is 0 Å². The molecule has 1 aliphatic rings. The van der Waals surface area contributed by atoms with Crippen LogP contribution in [0.1, 0.15) is 27.7 Å². The van der Waals surface area contributed by atoms with Crippen LogP contribution in [-0.4, -0.2) is 53.0 Å². The maximum Gasteiger partial charge on any atom is 0.251 e. The molecule has 1 aliphatic heterocycles. The Labute approximate surface area is 203 Å². The average molecular weight is 475 g/mol. The topological polar surface area (TPSA) is 68.1 Å². The minimum absolute atomic E-state index is 0.0588. The summed E-state index contributed by atoms with van der Waals surface area (Å²) in [5, 5.41) is 3.03. The third-order valence-electron chi connectivity index (χ3n) is 6.11. The Bertz CT molecular complexity index is 1230. The van der Waals surface area contributed by atoms with Crippen LogP contribution in [0, 0.1) is 5.82 Å². The van der Waals surface area contributed by atoms with Gasteiger partial charge < -0.3 is 19.2 Å². The molecule has 1 atom stereocenters. The molecule has 35 heavy (non-hydrogen) atoms. The number of imidazole rings is 1. The van der Waals surface area contributed by atoms with E-state index in [0.29, 0.717) is 37.7 Å². The number of benzene rings is 2. The second kappa shape index (κ2) is 10.7. The van der Waals surface area contributed by atoms with E-state index in [0.717, 1.165) is 30.0 Å². The van der Waals surface area contributed by atoms with Crippen LogP contribution >= 0.6 is 0 Å². The number of fused-ring (bicyclic) bond motifs is 1. The summed E-state index contributed by atoms with van der Waals surface area (Å²) in [5.41, 5.74) is 3.20. The van der Waals surface area contributed by atoms with Crippen molar-refractivity contribution in [1.29, 1.82) is 0 Å². The molecule has 180 valence electrons. The second-order valence-corrected chi connectivity index (χ2v) is 8.44. The van der Waals surface area contributed by atoms with Crippen molar-refractivity contribution in [2.24, 2.45) is 0 Å². The highest BCUT2D eigenvalue weighted by Crippen LogP contribution is 2.22. The number of halogens is 1. The van der Waals surface area contributed by atoms with Gasteiger partial charge in [-0.1, -0.05) is 18.2 Å². The molecule has 1 saturated heterocycles. The number of hydrogen-bond acceptors (Lipinski definition) is 5. The number of pyridine rings is 1. The molecule has 0 unspecified atom stereocenters. The Balaban J connectivity index is 1.19. The second-order valence-electron chi connectivity index (χ2n) is 8.44. The van der Waals surface area contributed by atoms with Gasteiger partial charge >= 0.3 is 0 Å². The number of nitrogens with one attached hydrogen (secondary N) is 1. The summed E-state index contributed by atoms with van der Waals surface area (Å²) in [6.45, 7) is 3.55. The molecule has 2 aromatic heterocycles. The molecule has 8 heteroatoms. The van der Waals surface area contributed by atoms with Crippen LogP contribution in [-0.2, 0) is 11.3 Å². The van der Waals surface area contributed by atoms with Crippen LogP contribution < -0.4 is 10.1 Å². The van der Waals surface area contributed by atoms with Gasteiger partial charge in [-0.25, -0.2) is 9.37 Å². The zero-order chi connectivity index (χ0) is 24.0. The molecular weight excluding hydrogens is 447 g/mol. The Morgan fingerprint density at radius 1 is 1.06 bits per heavy atom. The normalized spacial score (nSPS) is 15.1. The first kappa shape index (κ1) is 23.0. The fraction of sp³-hybridized carbons (Fsp3) is 0.259. The molecule has 0 aliphatic carbocycles. The average Bonchev–Trinajstić information content (AvgIpc) is 3.32. The van der Waals surface area contributed by atoms with Crippen molar-refractivity contribution in [2.75, 3.05) is 32.8 Å². The van der Waals surface area contributed by atoms with E-state index >= 15 is 0 Å². The fourth-order valence-corrected chi connectivity index (χ4v) is 4.24.